The maximum absolute atomic E-state index is 11.0. The minimum Gasteiger partial charge on any atom is -0.496 e. The second kappa shape index (κ2) is 5.88. The first-order chi connectivity index (χ1) is 9.11. The number of hydrogen-bond donors (Lipinski definition) is 1. The van der Waals surface area contributed by atoms with E-state index in [4.69, 9.17) is 9.47 Å². The highest BCUT2D eigenvalue weighted by Gasteiger charge is 2.27. The molecule has 1 N–H and O–H groups in total. The summed E-state index contributed by atoms with van der Waals surface area (Å²) in [6, 6.07) is 4.44. The van der Waals surface area contributed by atoms with E-state index in [1.165, 1.54) is 19.2 Å². The topological polar surface area (TPSA) is 81.8 Å². The van der Waals surface area contributed by atoms with Gasteiger partial charge in [0, 0.05) is 0 Å². The van der Waals surface area contributed by atoms with Crippen LogP contribution in [-0.2, 0) is 0 Å². The molecule has 6 heteroatoms. The van der Waals surface area contributed by atoms with Crippen LogP contribution < -0.4 is 9.47 Å². The lowest BCUT2D eigenvalue weighted by Crippen LogP contribution is -2.34. The van der Waals surface area contributed by atoms with Gasteiger partial charge in [0.05, 0.1) is 24.2 Å². The third-order valence-electron chi connectivity index (χ3n) is 3.31. The summed E-state index contributed by atoms with van der Waals surface area (Å²) in [6.07, 6.45) is 2.38. The molecule has 0 radical (unpaired) electrons. The van der Waals surface area contributed by atoms with Crippen LogP contribution in [0, 0.1) is 10.1 Å². The number of hydrogen-bond acceptors (Lipinski definition) is 5. The summed E-state index contributed by atoms with van der Waals surface area (Å²) in [5.74, 6) is 0.583. The smallest absolute Gasteiger partial charge is 0.314 e. The Hall–Kier alpha value is -1.82. The molecule has 0 spiro atoms. The minimum atomic E-state index is -0.560. The fourth-order valence-corrected chi connectivity index (χ4v) is 2.24. The predicted octanol–water partition coefficient (Wildman–Crippen LogP) is 2.29. The van der Waals surface area contributed by atoms with E-state index in [-0.39, 0.29) is 17.5 Å². The summed E-state index contributed by atoms with van der Waals surface area (Å²) in [4.78, 5) is 10.5. The van der Waals surface area contributed by atoms with E-state index < -0.39 is 11.0 Å². The molecule has 0 unspecified atom stereocenters. The van der Waals surface area contributed by atoms with Gasteiger partial charge in [-0.15, -0.1) is 0 Å². The van der Waals surface area contributed by atoms with E-state index in [9.17, 15) is 15.2 Å². The monoisotopic (exact) mass is 267 g/mol. The maximum Gasteiger partial charge on any atom is 0.314 e. The average Bonchev–Trinajstić information content (AvgIpc) is 2.41. The third kappa shape index (κ3) is 3.14. The average molecular weight is 267 g/mol. The van der Waals surface area contributed by atoms with Gasteiger partial charge in [-0.05, 0) is 31.4 Å². The normalized spacial score (nSPS) is 22.8. The van der Waals surface area contributed by atoms with Gasteiger partial charge in [0.1, 0.15) is 11.9 Å². The molecule has 1 aliphatic rings. The first-order valence-corrected chi connectivity index (χ1v) is 6.29. The lowest BCUT2D eigenvalue weighted by atomic mass is 9.95. The van der Waals surface area contributed by atoms with Crippen LogP contribution in [-0.4, -0.2) is 29.3 Å². The Balaban J connectivity index is 2.21. The standard InChI is InChI=1S/C13H17NO5/c1-18-9-6-7-12(10(8-9)14(16)17)19-13-5-3-2-4-11(13)15/h6-8,11,13,15H,2-5H2,1H3/t11-,13-/m0/s1. The first kappa shape index (κ1) is 13.6. The van der Waals surface area contributed by atoms with Crippen molar-refractivity contribution in [2.24, 2.45) is 0 Å². The molecule has 0 aromatic heterocycles. The van der Waals surface area contributed by atoms with Crippen LogP contribution in [0.1, 0.15) is 25.7 Å². The predicted molar refractivity (Wildman–Crippen MR) is 68.5 cm³/mol. The number of methoxy groups -OCH3 is 1. The molecule has 0 heterocycles. The summed E-state index contributed by atoms with van der Waals surface area (Å²) < 4.78 is 10.6. The molecule has 1 fully saturated rings. The van der Waals surface area contributed by atoms with E-state index in [1.54, 1.807) is 6.07 Å². The quantitative estimate of drug-likeness (QED) is 0.668. The Kier molecular flexibility index (Phi) is 4.21. The number of aliphatic hydroxyl groups excluding tert-OH is 1. The highest BCUT2D eigenvalue weighted by atomic mass is 16.6. The van der Waals surface area contributed by atoms with Gasteiger partial charge in [-0.2, -0.15) is 0 Å². The minimum absolute atomic E-state index is 0.142. The molecule has 2 rings (SSSR count). The number of nitro benzene ring substituents is 1. The molecule has 2 atom stereocenters. The molecule has 0 amide bonds. The molecule has 0 saturated heterocycles. The van der Waals surface area contributed by atoms with Gasteiger partial charge in [-0.25, -0.2) is 0 Å². The fraction of sp³-hybridized carbons (Fsp3) is 0.538. The van der Waals surface area contributed by atoms with Crippen molar-refractivity contribution in [1.29, 1.82) is 0 Å². The van der Waals surface area contributed by atoms with Crippen LogP contribution in [0.4, 0.5) is 5.69 Å². The van der Waals surface area contributed by atoms with Crippen LogP contribution in [0.2, 0.25) is 0 Å². The highest BCUT2D eigenvalue weighted by Crippen LogP contribution is 2.33. The SMILES string of the molecule is COc1ccc(O[C@H]2CCCC[C@@H]2O)c([N+](=O)[O-])c1. The molecule has 6 nitrogen and oxygen atoms in total. The van der Waals surface area contributed by atoms with Crippen LogP contribution in [0.3, 0.4) is 0 Å². The Bertz CT molecular complexity index is 462. The molecule has 1 aromatic rings. The molecule has 1 saturated carbocycles. The molecule has 0 aliphatic heterocycles. The molecule has 19 heavy (non-hydrogen) atoms. The van der Waals surface area contributed by atoms with Gasteiger partial charge in [0.2, 0.25) is 0 Å². The maximum atomic E-state index is 11.0. The number of ether oxygens (including phenoxy) is 2. The van der Waals surface area contributed by atoms with E-state index >= 15 is 0 Å². The number of rotatable bonds is 4. The zero-order chi connectivity index (χ0) is 13.8. The van der Waals surface area contributed by atoms with E-state index in [2.05, 4.69) is 0 Å². The highest BCUT2D eigenvalue weighted by molar-refractivity contribution is 5.51. The van der Waals surface area contributed by atoms with Crippen molar-refractivity contribution >= 4 is 5.69 Å². The molecular formula is C13H17NO5. The van der Waals surface area contributed by atoms with Crippen LogP contribution in [0.25, 0.3) is 0 Å². The third-order valence-corrected chi connectivity index (χ3v) is 3.31. The van der Waals surface area contributed by atoms with Crippen molar-refractivity contribution in [3.8, 4) is 11.5 Å². The van der Waals surface area contributed by atoms with Gasteiger partial charge in [-0.3, -0.25) is 10.1 Å². The van der Waals surface area contributed by atoms with E-state index in [1.807, 2.05) is 0 Å². The van der Waals surface area contributed by atoms with E-state index in [0.29, 0.717) is 18.6 Å². The van der Waals surface area contributed by atoms with E-state index in [0.717, 1.165) is 12.8 Å². The second-order valence-corrected chi connectivity index (χ2v) is 4.60. The van der Waals surface area contributed by atoms with Crippen LogP contribution >= 0.6 is 0 Å². The Labute approximate surface area is 111 Å². The van der Waals surface area contributed by atoms with Crippen molar-refractivity contribution in [3.05, 3.63) is 28.3 Å². The summed E-state index contributed by atoms with van der Waals surface area (Å²) in [7, 11) is 1.45. The molecular weight excluding hydrogens is 250 g/mol. The van der Waals surface area contributed by atoms with Crippen LogP contribution in [0.5, 0.6) is 11.5 Å². The Morgan fingerprint density at radius 1 is 1.37 bits per heavy atom. The number of nitrogens with zero attached hydrogens (tertiary/aromatic N) is 1. The lowest BCUT2D eigenvalue weighted by molar-refractivity contribution is -0.386. The largest absolute Gasteiger partial charge is 0.496 e. The fourth-order valence-electron chi connectivity index (χ4n) is 2.24. The van der Waals surface area contributed by atoms with Gasteiger partial charge >= 0.3 is 5.69 Å². The summed E-state index contributed by atoms with van der Waals surface area (Å²) in [5.41, 5.74) is -0.142. The molecule has 1 aliphatic carbocycles. The second-order valence-electron chi connectivity index (χ2n) is 4.60. The first-order valence-electron chi connectivity index (χ1n) is 6.29. The van der Waals surface area contributed by atoms with Crippen molar-refractivity contribution in [2.45, 2.75) is 37.9 Å². The molecule has 1 aromatic carbocycles. The van der Waals surface area contributed by atoms with Gasteiger partial charge < -0.3 is 14.6 Å². The van der Waals surface area contributed by atoms with Crippen LogP contribution in [0.15, 0.2) is 18.2 Å². The van der Waals surface area contributed by atoms with Gasteiger partial charge in [0.25, 0.3) is 0 Å². The lowest BCUT2D eigenvalue weighted by Gasteiger charge is -2.28. The summed E-state index contributed by atoms with van der Waals surface area (Å²) >= 11 is 0. The van der Waals surface area contributed by atoms with Gasteiger partial charge in [0.15, 0.2) is 5.75 Å². The number of aliphatic hydroxyl groups is 1. The van der Waals surface area contributed by atoms with Gasteiger partial charge in [-0.1, -0.05) is 6.42 Å². The summed E-state index contributed by atoms with van der Waals surface area (Å²) in [5, 5.41) is 20.9. The zero-order valence-electron chi connectivity index (χ0n) is 10.7. The number of nitro groups is 1. The van der Waals surface area contributed by atoms with Crippen molar-refractivity contribution in [1.82, 2.24) is 0 Å². The van der Waals surface area contributed by atoms with Crippen molar-refractivity contribution in [2.75, 3.05) is 7.11 Å². The Morgan fingerprint density at radius 3 is 2.74 bits per heavy atom. The Morgan fingerprint density at radius 2 is 2.11 bits per heavy atom. The summed E-state index contributed by atoms with van der Waals surface area (Å²) in [6.45, 7) is 0. The molecule has 0 bridgehead atoms. The van der Waals surface area contributed by atoms with Crippen molar-refractivity contribution in [3.63, 3.8) is 0 Å². The molecule has 104 valence electrons. The zero-order valence-corrected chi connectivity index (χ0v) is 10.7. The number of benzene rings is 1. The van der Waals surface area contributed by atoms with Crippen molar-refractivity contribution < 1.29 is 19.5 Å².